The third-order valence-corrected chi connectivity index (χ3v) is 2.27. The van der Waals surface area contributed by atoms with Crippen molar-refractivity contribution in [2.24, 2.45) is 0 Å². The van der Waals surface area contributed by atoms with Crippen LogP contribution < -0.4 is 5.32 Å². The van der Waals surface area contributed by atoms with Crippen LogP contribution in [-0.4, -0.2) is 29.6 Å². The van der Waals surface area contributed by atoms with Gasteiger partial charge in [-0.25, -0.2) is 8.78 Å². The van der Waals surface area contributed by atoms with Crippen molar-refractivity contribution >= 4 is 5.91 Å². The van der Waals surface area contributed by atoms with Gasteiger partial charge < -0.3 is 10.4 Å². The van der Waals surface area contributed by atoms with Crippen LogP contribution >= 0.6 is 0 Å². The molecule has 2 N–H and O–H groups in total. The minimum Gasteiger partial charge on any atom is -0.380 e. The van der Waals surface area contributed by atoms with E-state index < -0.39 is 24.5 Å². The first-order valence-corrected chi connectivity index (χ1v) is 4.33. The Kier molecular flexibility index (Phi) is 3.19. The van der Waals surface area contributed by atoms with Gasteiger partial charge in [-0.3, -0.25) is 4.79 Å². The number of carbonyl (C=O) groups is 1. The van der Waals surface area contributed by atoms with Gasteiger partial charge in [-0.15, -0.1) is 0 Å². The third kappa shape index (κ3) is 2.62. The summed E-state index contributed by atoms with van der Waals surface area (Å²) < 4.78 is 23.4. The minimum atomic E-state index is -2.56. The number of carbonyl (C=O) groups excluding carboxylic acids is 1. The number of amides is 1. The van der Waals surface area contributed by atoms with Gasteiger partial charge in [0.2, 0.25) is 0 Å². The van der Waals surface area contributed by atoms with Gasteiger partial charge >= 0.3 is 0 Å². The van der Waals surface area contributed by atoms with Crippen molar-refractivity contribution in [3.63, 3.8) is 0 Å². The quantitative estimate of drug-likeness (QED) is 0.692. The molecule has 0 atom stereocenters. The summed E-state index contributed by atoms with van der Waals surface area (Å²) >= 11 is 0. The van der Waals surface area contributed by atoms with Gasteiger partial charge in [0.25, 0.3) is 12.3 Å². The molecular formula is C8H13F2NO2. The van der Waals surface area contributed by atoms with Crippen molar-refractivity contribution in [1.82, 2.24) is 5.32 Å². The predicted molar refractivity (Wildman–Crippen MR) is 42.4 cm³/mol. The zero-order valence-electron chi connectivity index (χ0n) is 7.22. The van der Waals surface area contributed by atoms with Crippen LogP contribution in [0, 0.1) is 0 Å². The first kappa shape index (κ1) is 10.4. The Morgan fingerprint density at radius 3 is 2.46 bits per heavy atom. The van der Waals surface area contributed by atoms with Crippen LogP contribution in [0.5, 0.6) is 0 Å². The van der Waals surface area contributed by atoms with Crippen molar-refractivity contribution in [3.8, 4) is 0 Å². The van der Waals surface area contributed by atoms with E-state index in [1.807, 2.05) is 5.32 Å². The van der Waals surface area contributed by atoms with Crippen molar-refractivity contribution in [2.45, 2.75) is 37.7 Å². The highest BCUT2D eigenvalue weighted by Crippen LogP contribution is 2.29. The second kappa shape index (κ2) is 4.00. The van der Waals surface area contributed by atoms with Crippen LogP contribution in [-0.2, 0) is 4.79 Å². The van der Waals surface area contributed by atoms with Gasteiger partial charge in [-0.1, -0.05) is 0 Å². The van der Waals surface area contributed by atoms with E-state index in [1.54, 1.807) is 0 Å². The van der Waals surface area contributed by atoms with Crippen LogP contribution in [0.25, 0.3) is 0 Å². The molecule has 0 saturated heterocycles. The standard InChI is InChI=1S/C8H13F2NO2/c9-6(10)5-11-7(12)8(13)3-1-2-4-8/h6,13H,1-5H2,(H,11,12). The van der Waals surface area contributed by atoms with E-state index in [2.05, 4.69) is 0 Å². The Bertz CT molecular complexity index is 191. The fourth-order valence-corrected chi connectivity index (χ4v) is 1.52. The first-order valence-electron chi connectivity index (χ1n) is 4.33. The smallest absolute Gasteiger partial charge is 0.255 e. The average Bonchev–Trinajstić information content (AvgIpc) is 2.49. The minimum absolute atomic E-state index is 0.377. The Morgan fingerprint density at radius 2 is 2.00 bits per heavy atom. The number of hydrogen-bond donors (Lipinski definition) is 2. The van der Waals surface area contributed by atoms with E-state index in [4.69, 9.17) is 0 Å². The second-order valence-corrected chi connectivity index (χ2v) is 3.34. The van der Waals surface area contributed by atoms with Crippen molar-refractivity contribution < 1.29 is 18.7 Å². The normalized spacial score (nSPS) is 20.6. The van der Waals surface area contributed by atoms with E-state index in [0.717, 1.165) is 12.8 Å². The number of aliphatic hydroxyl groups is 1. The largest absolute Gasteiger partial charge is 0.380 e. The van der Waals surface area contributed by atoms with Crippen LogP contribution in [0.4, 0.5) is 8.78 Å². The Hall–Kier alpha value is -0.710. The molecule has 1 aliphatic carbocycles. The van der Waals surface area contributed by atoms with Crippen molar-refractivity contribution in [1.29, 1.82) is 0 Å². The molecular weight excluding hydrogens is 180 g/mol. The van der Waals surface area contributed by atoms with Gasteiger partial charge in [0.05, 0.1) is 6.54 Å². The molecule has 1 aliphatic rings. The summed E-state index contributed by atoms with van der Waals surface area (Å²) in [6.07, 6.45) is -0.254. The molecule has 0 aromatic heterocycles. The van der Waals surface area contributed by atoms with E-state index in [0.29, 0.717) is 12.8 Å². The fraction of sp³-hybridized carbons (Fsp3) is 0.875. The maximum absolute atomic E-state index is 11.7. The highest BCUT2D eigenvalue weighted by molar-refractivity contribution is 5.85. The van der Waals surface area contributed by atoms with E-state index >= 15 is 0 Å². The molecule has 0 spiro atoms. The monoisotopic (exact) mass is 193 g/mol. The topological polar surface area (TPSA) is 49.3 Å². The average molecular weight is 193 g/mol. The van der Waals surface area contributed by atoms with Crippen LogP contribution in [0.15, 0.2) is 0 Å². The highest BCUT2D eigenvalue weighted by atomic mass is 19.3. The van der Waals surface area contributed by atoms with Crippen LogP contribution in [0.3, 0.4) is 0 Å². The van der Waals surface area contributed by atoms with Gasteiger partial charge in [0.15, 0.2) is 0 Å². The molecule has 0 aromatic rings. The van der Waals surface area contributed by atoms with Gasteiger partial charge in [-0.2, -0.15) is 0 Å². The lowest BCUT2D eigenvalue weighted by Gasteiger charge is -2.20. The molecule has 13 heavy (non-hydrogen) atoms. The summed E-state index contributed by atoms with van der Waals surface area (Å²) in [5.41, 5.74) is -1.39. The molecule has 1 saturated carbocycles. The van der Waals surface area contributed by atoms with Gasteiger partial charge in [0.1, 0.15) is 5.60 Å². The summed E-state index contributed by atoms with van der Waals surface area (Å²) in [5.74, 6) is -0.662. The van der Waals surface area contributed by atoms with E-state index in [-0.39, 0.29) is 0 Å². The molecule has 1 amide bonds. The number of rotatable bonds is 3. The number of nitrogens with one attached hydrogen (secondary N) is 1. The van der Waals surface area contributed by atoms with Crippen molar-refractivity contribution in [3.05, 3.63) is 0 Å². The Balaban J connectivity index is 2.38. The highest BCUT2D eigenvalue weighted by Gasteiger charge is 2.38. The molecule has 0 bridgehead atoms. The first-order chi connectivity index (χ1) is 6.04. The zero-order valence-corrected chi connectivity index (χ0v) is 7.22. The number of hydrogen-bond acceptors (Lipinski definition) is 2. The zero-order chi connectivity index (χ0) is 9.90. The summed E-state index contributed by atoms with van der Waals surface area (Å²) in [6, 6.07) is 0. The molecule has 0 heterocycles. The second-order valence-electron chi connectivity index (χ2n) is 3.34. The summed E-state index contributed by atoms with van der Waals surface area (Å²) in [5, 5.41) is 11.6. The van der Waals surface area contributed by atoms with Crippen LogP contribution in [0.2, 0.25) is 0 Å². The molecule has 1 rings (SSSR count). The van der Waals surface area contributed by atoms with E-state index in [1.165, 1.54) is 0 Å². The lowest BCUT2D eigenvalue weighted by Crippen LogP contribution is -2.46. The maximum atomic E-state index is 11.7. The molecule has 0 aromatic carbocycles. The number of halogens is 2. The van der Waals surface area contributed by atoms with Gasteiger partial charge in [-0.05, 0) is 25.7 Å². The number of alkyl halides is 2. The lowest BCUT2D eigenvalue weighted by molar-refractivity contribution is -0.139. The summed E-state index contributed by atoms with van der Waals surface area (Å²) in [6.45, 7) is -0.679. The molecule has 1 fully saturated rings. The molecule has 0 unspecified atom stereocenters. The maximum Gasteiger partial charge on any atom is 0.255 e. The Labute approximate surface area is 75.1 Å². The SMILES string of the molecule is O=C(NCC(F)F)C1(O)CCCC1. The summed E-state index contributed by atoms with van der Waals surface area (Å²) in [4.78, 5) is 11.2. The van der Waals surface area contributed by atoms with E-state index in [9.17, 15) is 18.7 Å². The Morgan fingerprint density at radius 1 is 1.46 bits per heavy atom. The third-order valence-electron chi connectivity index (χ3n) is 2.27. The van der Waals surface area contributed by atoms with Crippen LogP contribution in [0.1, 0.15) is 25.7 Å². The fourth-order valence-electron chi connectivity index (χ4n) is 1.52. The molecule has 5 heteroatoms. The molecule has 3 nitrogen and oxygen atoms in total. The lowest BCUT2D eigenvalue weighted by atomic mass is 10.0. The predicted octanol–water partition coefficient (Wildman–Crippen LogP) is 0.673. The molecule has 0 aliphatic heterocycles. The van der Waals surface area contributed by atoms with Gasteiger partial charge in [0, 0.05) is 0 Å². The molecule has 76 valence electrons. The van der Waals surface area contributed by atoms with Crippen molar-refractivity contribution in [2.75, 3.05) is 6.54 Å². The summed E-state index contributed by atoms with van der Waals surface area (Å²) in [7, 11) is 0. The molecule has 0 radical (unpaired) electrons.